The summed E-state index contributed by atoms with van der Waals surface area (Å²) in [5.41, 5.74) is 0.255. The van der Waals surface area contributed by atoms with E-state index in [0.29, 0.717) is 24.7 Å². The van der Waals surface area contributed by atoms with Crippen molar-refractivity contribution in [1.82, 2.24) is 5.32 Å². The minimum absolute atomic E-state index is 0.161. The van der Waals surface area contributed by atoms with E-state index < -0.39 is 23.2 Å². The molecule has 1 heterocycles. The normalized spacial score (nSPS) is 13.3. The molecular formula is C18H18F2N2O3. The first-order valence-electron chi connectivity index (χ1n) is 7.79. The summed E-state index contributed by atoms with van der Waals surface area (Å²) in [5, 5.41) is 5.28. The molecule has 0 bridgehead atoms. The first-order valence-corrected chi connectivity index (χ1v) is 7.79. The Morgan fingerprint density at radius 2 is 1.72 bits per heavy atom. The van der Waals surface area contributed by atoms with Gasteiger partial charge in [0.1, 0.15) is 13.2 Å². The lowest BCUT2D eigenvalue weighted by atomic mass is 9.94. The van der Waals surface area contributed by atoms with Gasteiger partial charge in [-0.15, -0.1) is 0 Å². The topological polar surface area (TPSA) is 59.6 Å². The first kappa shape index (κ1) is 17.0. The van der Waals surface area contributed by atoms with Crippen LogP contribution in [0.5, 0.6) is 11.5 Å². The lowest BCUT2D eigenvalue weighted by Crippen LogP contribution is -2.43. The highest BCUT2D eigenvalue weighted by Gasteiger charge is 2.25. The maximum absolute atomic E-state index is 13.2. The number of carbonyl (C=O) groups excluding carboxylic acids is 1. The molecule has 0 fully saturated rings. The molecule has 0 radical (unpaired) electrons. The molecule has 2 N–H and O–H groups in total. The first-order chi connectivity index (χ1) is 11.8. The summed E-state index contributed by atoms with van der Waals surface area (Å²) in [6, 6.07) is 8.07. The Morgan fingerprint density at radius 1 is 1.00 bits per heavy atom. The molecule has 1 aliphatic rings. The van der Waals surface area contributed by atoms with Crippen LogP contribution in [-0.2, 0) is 5.54 Å². The zero-order valence-corrected chi connectivity index (χ0v) is 13.9. The van der Waals surface area contributed by atoms with Gasteiger partial charge in [-0.25, -0.2) is 13.6 Å². The van der Waals surface area contributed by atoms with E-state index in [1.54, 1.807) is 6.07 Å². The molecule has 2 aromatic carbocycles. The number of fused-ring (bicyclic) bond motifs is 1. The van der Waals surface area contributed by atoms with Crippen molar-refractivity contribution in [2.45, 2.75) is 19.4 Å². The molecular weight excluding hydrogens is 330 g/mol. The van der Waals surface area contributed by atoms with Crippen LogP contribution < -0.4 is 20.1 Å². The number of urea groups is 1. The molecule has 132 valence electrons. The second-order valence-electron chi connectivity index (χ2n) is 6.19. The van der Waals surface area contributed by atoms with Crippen molar-refractivity contribution in [1.29, 1.82) is 0 Å². The van der Waals surface area contributed by atoms with Crippen LogP contribution in [0.15, 0.2) is 36.4 Å². The van der Waals surface area contributed by atoms with Crippen LogP contribution in [0.2, 0.25) is 0 Å². The lowest BCUT2D eigenvalue weighted by Gasteiger charge is -2.28. The predicted octanol–water partition coefficient (Wildman–Crippen LogP) is 3.79. The number of carbonyl (C=O) groups is 1. The van der Waals surface area contributed by atoms with Crippen LogP contribution in [0.3, 0.4) is 0 Å². The number of amides is 2. The Balaban J connectivity index is 1.71. The van der Waals surface area contributed by atoms with Gasteiger partial charge in [0.15, 0.2) is 23.1 Å². The van der Waals surface area contributed by atoms with Crippen LogP contribution in [-0.4, -0.2) is 19.2 Å². The van der Waals surface area contributed by atoms with Crippen molar-refractivity contribution in [3.05, 3.63) is 53.6 Å². The Labute approximate surface area is 143 Å². The minimum atomic E-state index is -1.02. The van der Waals surface area contributed by atoms with Gasteiger partial charge in [0.05, 0.1) is 5.54 Å². The molecule has 5 nitrogen and oxygen atoms in total. The van der Waals surface area contributed by atoms with E-state index in [9.17, 15) is 13.6 Å². The van der Waals surface area contributed by atoms with Crippen molar-refractivity contribution >= 4 is 11.7 Å². The third kappa shape index (κ3) is 3.81. The van der Waals surface area contributed by atoms with Crippen molar-refractivity contribution in [2.75, 3.05) is 18.5 Å². The van der Waals surface area contributed by atoms with Crippen LogP contribution in [0.25, 0.3) is 0 Å². The molecule has 0 saturated carbocycles. The molecule has 0 spiro atoms. The fourth-order valence-electron chi connectivity index (χ4n) is 2.52. The van der Waals surface area contributed by atoms with Gasteiger partial charge in [-0.3, -0.25) is 0 Å². The molecule has 2 aromatic rings. The van der Waals surface area contributed by atoms with Gasteiger partial charge >= 0.3 is 6.03 Å². The Morgan fingerprint density at radius 3 is 2.44 bits per heavy atom. The Kier molecular flexibility index (Phi) is 4.48. The van der Waals surface area contributed by atoms with Crippen LogP contribution in [0, 0.1) is 11.6 Å². The summed E-state index contributed by atoms with van der Waals surface area (Å²) in [6.07, 6.45) is 0. The average Bonchev–Trinajstić information content (AvgIpc) is 2.57. The van der Waals surface area contributed by atoms with E-state index in [-0.39, 0.29) is 5.69 Å². The highest BCUT2D eigenvalue weighted by molar-refractivity contribution is 5.89. The number of halogens is 2. The quantitative estimate of drug-likeness (QED) is 0.887. The molecule has 25 heavy (non-hydrogen) atoms. The van der Waals surface area contributed by atoms with Crippen molar-refractivity contribution in [3.8, 4) is 11.5 Å². The third-order valence-electron chi connectivity index (χ3n) is 3.87. The fraction of sp³-hybridized carbons (Fsp3) is 0.278. The molecule has 2 amide bonds. The molecule has 0 unspecified atom stereocenters. The number of nitrogens with one attached hydrogen (secondary N) is 2. The molecule has 7 heteroatoms. The summed E-state index contributed by atoms with van der Waals surface area (Å²) in [4.78, 5) is 12.2. The monoisotopic (exact) mass is 348 g/mol. The molecule has 0 aliphatic carbocycles. The Hall–Kier alpha value is -2.83. The summed E-state index contributed by atoms with van der Waals surface area (Å²) in [6.45, 7) is 4.62. The van der Waals surface area contributed by atoms with E-state index in [4.69, 9.17) is 9.47 Å². The number of hydrogen-bond acceptors (Lipinski definition) is 3. The summed E-state index contributed by atoms with van der Waals surface area (Å²) < 4.78 is 37.2. The van der Waals surface area contributed by atoms with Gasteiger partial charge in [0.25, 0.3) is 0 Å². The van der Waals surface area contributed by atoms with Crippen molar-refractivity contribution < 1.29 is 23.0 Å². The zero-order chi connectivity index (χ0) is 18.0. The second-order valence-corrected chi connectivity index (χ2v) is 6.19. The van der Waals surface area contributed by atoms with Crippen LogP contribution in [0.1, 0.15) is 19.4 Å². The number of benzene rings is 2. The lowest BCUT2D eigenvalue weighted by molar-refractivity contribution is 0.171. The van der Waals surface area contributed by atoms with Gasteiger partial charge in [-0.2, -0.15) is 0 Å². The number of ether oxygens (including phenoxy) is 2. The summed E-state index contributed by atoms with van der Waals surface area (Å²) >= 11 is 0. The van der Waals surface area contributed by atoms with E-state index in [1.807, 2.05) is 26.0 Å². The van der Waals surface area contributed by atoms with Crippen LogP contribution >= 0.6 is 0 Å². The average molecular weight is 348 g/mol. The highest BCUT2D eigenvalue weighted by Crippen LogP contribution is 2.34. The predicted molar refractivity (Wildman–Crippen MR) is 89.0 cm³/mol. The fourth-order valence-corrected chi connectivity index (χ4v) is 2.52. The number of rotatable bonds is 3. The SMILES string of the molecule is CC(C)(NC(=O)Nc1ccc(F)c(F)c1)c1ccc2c(c1)OCCO2. The standard InChI is InChI=1S/C18H18F2N2O3/c1-18(2,11-3-6-15-16(9-11)25-8-7-24-15)22-17(23)21-12-4-5-13(19)14(20)10-12/h3-6,9-10H,7-8H2,1-2H3,(H2,21,22,23). The minimum Gasteiger partial charge on any atom is -0.486 e. The maximum Gasteiger partial charge on any atom is 0.319 e. The molecule has 0 saturated heterocycles. The van der Waals surface area contributed by atoms with Gasteiger partial charge in [-0.1, -0.05) is 6.07 Å². The smallest absolute Gasteiger partial charge is 0.319 e. The third-order valence-corrected chi connectivity index (χ3v) is 3.87. The van der Waals surface area contributed by atoms with E-state index in [1.165, 1.54) is 6.07 Å². The van der Waals surface area contributed by atoms with Gasteiger partial charge in [0.2, 0.25) is 0 Å². The maximum atomic E-state index is 13.2. The van der Waals surface area contributed by atoms with Crippen LogP contribution in [0.4, 0.5) is 19.3 Å². The van der Waals surface area contributed by atoms with E-state index in [2.05, 4.69) is 10.6 Å². The second kappa shape index (κ2) is 6.58. The van der Waals surface area contributed by atoms with Gasteiger partial charge in [-0.05, 0) is 43.7 Å². The van der Waals surface area contributed by atoms with Crippen molar-refractivity contribution in [3.63, 3.8) is 0 Å². The molecule has 1 aliphatic heterocycles. The van der Waals surface area contributed by atoms with Gasteiger partial charge in [0, 0.05) is 11.8 Å². The molecule has 0 atom stereocenters. The highest BCUT2D eigenvalue weighted by atomic mass is 19.2. The Bertz CT molecular complexity index is 809. The zero-order valence-electron chi connectivity index (χ0n) is 13.9. The molecule has 3 rings (SSSR count). The van der Waals surface area contributed by atoms with E-state index >= 15 is 0 Å². The largest absolute Gasteiger partial charge is 0.486 e. The number of hydrogen-bond donors (Lipinski definition) is 2. The number of anilines is 1. The molecule has 0 aromatic heterocycles. The van der Waals surface area contributed by atoms with E-state index in [0.717, 1.165) is 17.7 Å². The summed E-state index contributed by atoms with van der Waals surface area (Å²) in [7, 11) is 0. The van der Waals surface area contributed by atoms with Crippen molar-refractivity contribution in [2.24, 2.45) is 0 Å². The van der Waals surface area contributed by atoms with Gasteiger partial charge < -0.3 is 20.1 Å². The summed E-state index contributed by atoms with van der Waals surface area (Å²) in [5.74, 6) is -0.705.